The van der Waals surface area contributed by atoms with Crippen LogP contribution in [0.3, 0.4) is 0 Å². The van der Waals surface area contributed by atoms with Crippen molar-refractivity contribution in [3.63, 3.8) is 0 Å². The molecule has 2 heterocycles. The van der Waals surface area contributed by atoms with Crippen molar-refractivity contribution in [1.82, 2.24) is 9.78 Å². The third kappa shape index (κ3) is 3.26. The van der Waals surface area contributed by atoms with Crippen LogP contribution in [0.2, 0.25) is 0 Å². The van der Waals surface area contributed by atoms with Gasteiger partial charge in [0.2, 0.25) is 5.91 Å². The predicted octanol–water partition coefficient (Wildman–Crippen LogP) is 4.49. The Morgan fingerprint density at radius 2 is 1.96 bits per heavy atom. The number of methoxy groups -OCH3 is 1. The highest BCUT2D eigenvalue weighted by Gasteiger charge is 2.34. The lowest BCUT2D eigenvalue weighted by Crippen LogP contribution is -2.22. The molecule has 2 atom stereocenters. The van der Waals surface area contributed by atoms with Crippen LogP contribution in [0.5, 0.6) is 5.75 Å². The van der Waals surface area contributed by atoms with Gasteiger partial charge in [0.1, 0.15) is 17.4 Å². The number of hydrogen-bond donors (Lipinski definition) is 1. The second kappa shape index (κ2) is 7.31. The molecule has 0 radical (unpaired) electrons. The van der Waals surface area contributed by atoms with Gasteiger partial charge in [-0.15, -0.1) is 11.8 Å². The highest BCUT2D eigenvalue weighted by molar-refractivity contribution is 8.01. The van der Waals surface area contributed by atoms with Gasteiger partial charge in [0, 0.05) is 5.56 Å². The molecule has 2 aromatic carbocycles. The van der Waals surface area contributed by atoms with E-state index in [9.17, 15) is 9.18 Å². The predicted molar refractivity (Wildman–Crippen MR) is 109 cm³/mol. The van der Waals surface area contributed by atoms with Gasteiger partial charge in [0.25, 0.3) is 0 Å². The van der Waals surface area contributed by atoms with Gasteiger partial charge in [0.15, 0.2) is 0 Å². The van der Waals surface area contributed by atoms with Crippen molar-refractivity contribution in [3.8, 4) is 11.4 Å². The Labute approximate surface area is 166 Å². The molecule has 0 saturated heterocycles. The van der Waals surface area contributed by atoms with Crippen LogP contribution in [0, 0.1) is 12.7 Å². The maximum atomic E-state index is 13.9. The third-order valence-corrected chi connectivity index (χ3v) is 6.19. The molecule has 0 saturated carbocycles. The van der Waals surface area contributed by atoms with E-state index in [2.05, 4.69) is 10.4 Å². The standard InChI is InChI=1S/C21H20FN3O2S/c1-12-18-19(14-5-4-6-15(22)11-14)28-13(2)21(26)23-20(18)25(24-12)16-7-9-17(27-3)10-8-16/h4-11,13,19H,1-3H3,(H,23,26)/t13-,19+/m1/s1. The van der Waals surface area contributed by atoms with E-state index < -0.39 is 0 Å². The van der Waals surface area contributed by atoms with Crippen LogP contribution in [0.1, 0.15) is 29.0 Å². The average molecular weight is 397 g/mol. The number of benzene rings is 2. The number of amides is 1. The topological polar surface area (TPSA) is 56.1 Å². The molecule has 7 heteroatoms. The largest absolute Gasteiger partial charge is 0.497 e. The first kappa shape index (κ1) is 18.6. The summed E-state index contributed by atoms with van der Waals surface area (Å²) in [5, 5.41) is 7.20. The summed E-state index contributed by atoms with van der Waals surface area (Å²) in [6, 6.07) is 14.0. The smallest absolute Gasteiger partial charge is 0.238 e. The van der Waals surface area contributed by atoms with Crippen molar-refractivity contribution in [2.24, 2.45) is 0 Å². The first-order valence-corrected chi connectivity index (χ1v) is 9.88. The molecule has 0 bridgehead atoms. The van der Waals surface area contributed by atoms with Crippen LogP contribution in [0.4, 0.5) is 10.2 Å². The van der Waals surface area contributed by atoms with Crippen LogP contribution >= 0.6 is 11.8 Å². The van der Waals surface area contributed by atoms with Crippen LogP contribution in [0.15, 0.2) is 48.5 Å². The zero-order chi connectivity index (χ0) is 19.8. The van der Waals surface area contributed by atoms with Crippen molar-refractivity contribution in [2.75, 3.05) is 12.4 Å². The fourth-order valence-electron chi connectivity index (χ4n) is 3.35. The Hall–Kier alpha value is -2.80. The molecular weight excluding hydrogens is 377 g/mol. The van der Waals surface area contributed by atoms with Crippen molar-refractivity contribution in [1.29, 1.82) is 0 Å². The molecule has 0 aliphatic carbocycles. The number of carbonyl (C=O) groups excluding carboxylic acids is 1. The molecule has 0 unspecified atom stereocenters. The molecule has 1 aliphatic heterocycles. The highest BCUT2D eigenvalue weighted by atomic mass is 32.2. The summed E-state index contributed by atoms with van der Waals surface area (Å²) in [7, 11) is 1.61. The fourth-order valence-corrected chi connectivity index (χ4v) is 4.66. The van der Waals surface area contributed by atoms with Crippen LogP contribution < -0.4 is 10.1 Å². The Balaban J connectivity index is 1.88. The van der Waals surface area contributed by atoms with Crippen molar-refractivity contribution in [3.05, 3.63) is 71.2 Å². The zero-order valence-electron chi connectivity index (χ0n) is 15.8. The van der Waals surface area contributed by atoms with Gasteiger partial charge in [0.05, 0.1) is 29.0 Å². The Kier molecular flexibility index (Phi) is 4.85. The van der Waals surface area contributed by atoms with Gasteiger partial charge >= 0.3 is 0 Å². The molecule has 1 aliphatic rings. The lowest BCUT2D eigenvalue weighted by Gasteiger charge is -2.17. The van der Waals surface area contributed by atoms with E-state index in [1.54, 1.807) is 17.9 Å². The second-order valence-corrected chi connectivity index (χ2v) is 8.11. The second-order valence-electron chi connectivity index (χ2n) is 6.66. The molecule has 4 rings (SSSR count). The highest BCUT2D eigenvalue weighted by Crippen LogP contribution is 2.46. The SMILES string of the molecule is COc1ccc(-n2nc(C)c3c2NC(=O)[C@@H](C)S[C@H]3c2cccc(F)c2)cc1. The zero-order valence-corrected chi connectivity index (χ0v) is 16.6. The van der Waals surface area contributed by atoms with Gasteiger partial charge in [-0.05, 0) is 55.8 Å². The van der Waals surface area contributed by atoms with Crippen LogP contribution in [-0.2, 0) is 4.79 Å². The number of rotatable bonds is 3. The third-order valence-electron chi connectivity index (χ3n) is 4.79. The number of halogens is 1. The number of nitrogens with one attached hydrogen (secondary N) is 1. The van der Waals surface area contributed by atoms with E-state index >= 15 is 0 Å². The Morgan fingerprint density at radius 3 is 2.64 bits per heavy atom. The first-order chi connectivity index (χ1) is 13.5. The molecular formula is C21H20FN3O2S. The molecule has 0 spiro atoms. The van der Waals surface area contributed by atoms with Crippen molar-refractivity contribution < 1.29 is 13.9 Å². The molecule has 28 heavy (non-hydrogen) atoms. The average Bonchev–Trinajstić information content (AvgIpc) is 2.94. The molecule has 1 aromatic heterocycles. The van der Waals surface area contributed by atoms with Gasteiger partial charge < -0.3 is 10.1 Å². The number of ether oxygens (including phenoxy) is 1. The van der Waals surface area contributed by atoms with Crippen LogP contribution in [-0.4, -0.2) is 28.0 Å². The molecule has 0 fully saturated rings. The molecule has 3 aromatic rings. The minimum atomic E-state index is -0.295. The minimum absolute atomic E-state index is 0.0974. The van der Waals surface area contributed by atoms with E-state index in [-0.39, 0.29) is 22.2 Å². The monoisotopic (exact) mass is 397 g/mol. The fraction of sp³-hybridized carbons (Fsp3) is 0.238. The van der Waals surface area contributed by atoms with Crippen molar-refractivity contribution in [2.45, 2.75) is 24.3 Å². The Morgan fingerprint density at radius 1 is 1.21 bits per heavy atom. The maximum absolute atomic E-state index is 13.9. The maximum Gasteiger partial charge on any atom is 0.238 e. The summed E-state index contributed by atoms with van der Waals surface area (Å²) in [5.41, 5.74) is 3.31. The van der Waals surface area contributed by atoms with E-state index in [4.69, 9.17) is 4.74 Å². The van der Waals surface area contributed by atoms with Crippen LogP contribution in [0.25, 0.3) is 5.69 Å². The lowest BCUT2D eigenvalue weighted by molar-refractivity contribution is -0.115. The summed E-state index contributed by atoms with van der Waals surface area (Å²) in [5.74, 6) is 0.971. The van der Waals surface area contributed by atoms with Gasteiger partial charge in [-0.1, -0.05) is 12.1 Å². The normalized spacial score (nSPS) is 18.9. The van der Waals surface area contributed by atoms with Crippen molar-refractivity contribution >= 4 is 23.5 Å². The van der Waals surface area contributed by atoms with E-state index in [0.29, 0.717) is 5.82 Å². The van der Waals surface area contributed by atoms with E-state index in [0.717, 1.165) is 28.3 Å². The number of aromatic nitrogens is 2. The Bertz CT molecular complexity index is 1030. The molecule has 1 N–H and O–H groups in total. The number of thioether (sulfide) groups is 1. The number of nitrogens with zero attached hydrogens (tertiary/aromatic N) is 2. The quantitative estimate of drug-likeness (QED) is 0.707. The molecule has 144 valence electrons. The van der Waals surface area contributed by atoms with Gasteiger partial charge in [-0.2, -0.15) is 5.10 Å². The number of anilines is 1. The minimum Gasteiger partial charge on any atom is -0.497 e. The summed E-state index contributed by atoms with van der Waals surface area (Å²) in [6.45, 7) is 3.77. The first-order valence-electron chi connectivity index (χ1n) is 8.93. The van der Waals surface area contributed by atoms with E-state index in [1.807, 2.05) is 44.2 Å². The number of hydrogen-bond acceptors (Lipinski definition) is 4. The lowest BCUT2D eigenvalue weighted by atomic mass is 10.0. The van der Waals surface area contributed by atoms with Gasteiger partial charge in [-0.3, -0.25) is 4.79 Å². The summed E-state index contributed by atoms with van der Waals surface area (Å²) in [4.78, 5) is 12.6. The number of fused-ring (bicyclic) bond motifs is 1. The summed E-state index contributed by atoms with van der Waals surface area (Å²) in [6.07, 6.45) is 0. The molecule has 5 nitrogen and oxygen atoms in total. The van der Waals surface area contributed by atoms with Gasteiger partial charge in [-0.25, -0.2) is 9.07 Å². The number of aryl methyl sites for hydroxylation is 1. The summed E-state index contributed by atoms with van der Waals surface area (Å²) < 4.78 is 20.8. The molecule has 1 amide bonds. The number of carbonyl (C=O) groups is 1. The summed E-state index contributed by atoms with van der Waals surface area (Å²) >= 11 is 1.50. The van der Waals surface area contributed by atoms with E-state index in [1.165, 1.54) is 23.9 Å².